The number of aryl methyl sites for hydroxylation is 2. The molecule has 0 aromatic carbocycles. The van der Waals surface area contributed by atoms with Gasteiger partial charge in [-0.15, -0.1) is 11.3 Å². The molecular weight excluding hydrogens is 400 g/mol. The largest absolute Gasteiger partial charge is 0.463 e. The van der Waals surface area contributed by atoms with Crippen molar-refractivity contribution < 1.29 is 14.3 Å². The van der Waals surface area contributed by atoms with Crippen molar-refractivity contribution in [1.29, 1.82) is 0 Å². The number of hydrogen-bond donors (Lipinski definition) is 1. The number of nitrogens with zero attached hydrogens (tertiary/aromatic N) is 3. The van der Waals surface area contributed by atoms with Gasteiger partial charge < -0.3 is 10.1 Å². The maximum absolute atomic E-state index is 13.0. The number of ether oxygens (including phenoxy) is 1. The molecule has 0 bridgehead atoms. The Hall–Kier alpha value is -2.74. The Labute approximate surface area is 180 Å². The molecule has 8 heteroatoms. The molecule has 3 heterocycles. The number of amides is 1. The van der Waals surface area contributed by atoms with E-state index in [9.17, 15) is 9.59 Å². The van der Waals surface area contributed by atoms with Gasteiger partial charge in [0.1, 0.15) is 0 Å². The third-order valence-corrected chi connectivity index (χ3v) is 5.57. The molecule has 0 saturated heterocycles. The van der Waals surface area contributed by atoms with E-state index in [1.54, 1.807) is 31.4 Å². The molecule has 0 aliphatic rings. The van der Waals surface area contributed by atoms with Gasteiger partial charge in [-0.25, -0.2) is 9.67 Å². The van der Waals surface area contributed by atoms with Crippen LogP contribution in [-0.4, -0.2) is 39.3 Å². The number of carbonyl (C=O) groups is 2. The Bertz CT molecular complexity index is 1080. The predicted molar refractivity (Wildman–Crippen MR) is 119 cm³/mol. The molecule has 1 N–H and O–H groups in total. The summed E-state index contributed by atoms with van der Waals surface area (Å²) in [6, 6.07) is 4.01. The van der Waals surface area contributed by atoms with E-state index in [1.807, 2.05) is 24.6 Å². The van der Waals surface area contributed by atoms with Crippen LogP contribution < -0.4 is 5.32 Å². The topological polar surface area (TPSA) is 86.1 Å². The first-order valence-corrected chi connectivity index (χ1v) is 10.9. The van der Waals surface area contributed by atoms with Gasteiger partial charge in [0.25, 0.3) is 5.91 Å². The van der Waals surface area contributed by atoms with Crippen molar-refractivity contribution in [1.82, 2.24) is 20.1 Å². The first-order valence-electron chi connectivity index (χ1n) is 10.1. The van der Waals surface area contributed by atoms with Crippen LogP contribution in [0.4, 0.5) is 0 Å². The summed E-state index contributed by atoms with van der Waals surface area (Å²) >= 11 is 1.70. The van der Waals surface area contributed by atoms with Crippen LogP contribution in [0.1, 0.15) is 60.3 Å². The van der Waals surface area contributed by atoms with Gasteiger partial charge in [-0.2, -0.15) is 5.10 Å². The summed E-state index contributed by atoms with van der Waals surface area (Å²) in [5.74, 6) is -0.586. The smallest absolute Gasteiger partial charge is 0.307 e. The number of thiophene rings is 1. The maximum Gasteiger partial charge on any atom is 0.307 e. The molecule has 1 amide bonds. The first kappa shape index (κ1) is 22.0. The number of hydrogen-bond acceptors (Lipinski definition) is 6. The van der Waals surface area contributed by atoms with Crippen LogP contribution in [0.25, 0.3) is 22.3 Å². The fourth-order valence-corrected chi connectivity index (χ4v) is 4.24. The van der Waals surface area contributed by atoms with E-state index >= 15 is 0 Å². The number of aromatic nitrogens is 3. The molecule has 0 unspecified atom stereocenters. The van der Waals surface area contributed by atoms with E-state index in [0.29, 0.717) is 16.6 Å². The average molecular weight is 429 g/mol. The normalized spacial score (nSPS) is 11.5. The summed E-state index contributed by atoms with van der Waals surface area (Å²) < 4.78 is 6.94. The minimum atomic E-state index is -0.331. The van der Waals surface area contributed by atoms with Crippen LogP contribution in [0.5, 0.6) is 0 Å². The lowest BCUT2D eigenvalue weighted by Gasteiger charge is -2.11. The fourth-order valence-electron chi connectivity index (χ4n) is 3.30. The van der Waals surface area contributed by atoms with E-state index in [0.717, 1.165) is 16.1 Å². The van der Waals surface area contributed by atoms with Gasteiger partial charge in [0, 0.05) is 27.9 Å². The van der Waals surface area contributed by atoms with Crippen LogP contribution in [0.3, 0.4) is 0 Å². The molecule has 0 fully saturated rings. The van der Waals surface area contributed by atoms with Gasteiger partial charge in [-0.05, 0) is 53.7 Å². The van der Waals surface area contributed by atoms with Crippen molar-refractivity contribution in [3.05, 3.63) is 33.6 Å². The minimum absolute atomic E-state index is 0.109. The molecule has 3 aromatic heterocycles. The number of carbonyl (C=O) groups excluding carboxylic acids is 2. The van der Waals surface area contributed by atoms with Crippen molar-refractivity contribution >= 4 is 34.2 Å². The van der Waals surface area contributed by atoms with Crippen molar-refractivity contribution in [2.45, 2.75) is 60.1 Å². The number of nitrogens with one attached hydrogen (secondary N) is 1. The van der Waals surface area contributed by atoms with Gasteiger partial charge in [-0.3, -0.25) is 9.59 Å². The molecule has 0 spiro atoms. The van der Waals surface area contributed by atoms with E-state index < -0.39 is 0 Å². The summed E-state index contributed by atoms with van der Waals surface area (Å²) in [6.07, 6.45) is 1.63. The van der Waals surface area contributed by atoms with Gasteiger partial charge in [0.15, 0.2) is 5.65 Å². The molecule has 3 rings (SSSR count). The molecule has 0 atom stereocenters. The van der Waals surface area contributed by atoms with E-state index in [2.05, 4.69) is 30.3 Å². The summed E-state index contributed by atoms with van der Waals surface area (Å²) in [5, 5.41) is 7.97. The quantitative estimate of drug-likeness (QED) is 0.563. The molecule has 0 saturated carbocycles. The molecule has 30 heavy (non-hydrogen) atoms. The maximum atomic E-state index is 13.0. The first-order chi connectivity index (χ1) is 14.2. The van der Waals surface area contributed by atoms with Crippen molar-refractivity contribution in [3.8, 4) is 11.3 Å². The summed E-state index contributed by atoms with van der Waals surface area (Å²) in [7, 11) is 0. The van der Waals surface area contributed by atoms with Crippen LogP contribution >= 0.6 is 11.3 Å². The molecule has 0 radical (unpaired) electrons. The van der Waals surface area contributed by atoms with Crippen LogP contribution in [0.2, 0.25) is 0 Å². The number of pyridine rings is 1. The van der Waals surface area contributed by atoms with Crippen molar-refractivity contribution in [2.75, 3.05) is 6.54 Å². The summed E-state index contributed by atoms with van der Waals surface area (Å²) in [5.41, 5.74) is 2.94. The van der Waals surface area contributed by atoms with Crippen molar-refractivity contribution in [3.63, 3.8) is 0 Å². The Morgan fingerprint density at radius 2 is 1.93 bits per heavy atom. The van der Waals surface area contributed by atoms with E-state index in [1.165, 1.54) is 4.88 Å². The monoisotopic (exact) mass is 428 g/mol. The molecule has 3 aromatic rings. The molecule has 7 nitrogen and oxygen atoms in total. The predicted octanol–water partition coefficient (Wildman–Crippen LogP) is 4.43. The average Bonchev–Trinajstić information content (AvgIpc) is 3.22. The van der Waals surface area contributed by atoms with Gasteiger partial charge in [0.05, 0.1) is 35.4 Å². The van der Waals surface area contributed by atoms with Gasteiger partial charge in [-0.1, -0.05) is 0 Å². The van der Waals surface area contributed by atoms with Crippen LogP contribution in [0, 0.1) is 13.8 Å². The van der Waals surface area contributed by atoms with Gasteiger partial charge >= 0.3 is 5.97 Å². The lowest BCUT2D eigenvalue weighted by molar-refractivity contribution is -0.147. The molecule has 160 valence electrons. The summed E-state index contributed by atoms with van der Waals surface area (Å²) in [6.45, 7) is 12.0. The Morgan fingerprint density at radius 3 is 2.53 bits per heavy atom. The third-order valence-electron chi connectivity index (χ3n) is 4.60. The second-order valence-corrected chi connectivity index (χ2v) is 9.31. The van der Waals surface area contributed by atoms with Gasteiger partial charge in [0.2, 0.25) is 0 Å². The number of rotatable bonds is 7. The molecule has 0 aliphatic heterocycles. The highest BCUT2D eigenvalue weighted by molar-refractivity contribution is 7.12. The Kier molecular flexibility index (Phi) is 6.55. The Balaban J connectivity index is 1.95. The standard InChI is InChI=1S/C22H28N4O3S/c1-12(2)26-21-18(11-24-26)17(22(28)23-8-7-20(27)29-13(3)4)10-19(25-21)16-9-14(5)30-15(16)6/h9-13H,7-8H2,1-6H3,(H,23,28). The van der Waals surface area contributed by atoms with E-state index in [-0.39, 0.29) is 37.0 Å². The zero-order valence-corrected chi connectivity index (χ0v) is 19.1. The lowest BCUT2D eigenvalue weighted by atomic mass is 10.1. The summed E-state index contributed by atoms with van der Waals surface area (Å²) in [4.78, 5) is 31.9. The highest BCUT2D eigenvalue weighted by Crippen LogP contribution is 2.32. The van der Waals surface area contributed by atoms with Crippen LogP contribution in [0.15, 0.2) is 18.3 Å². The highest BCUT2D eigenvalue weighted by atomic mass is 32.1. The minimum Gasteiger partial charge on any atom is -0.463 e. The number of esters is 1. The van der Waals surface area contributed by atoms with E-state index in [4.69, 9.17) is 9.72 Å². The molecular formula is C22H28N4O3S. The van der Waals surface area contributed by atoms with Crippen LogP contribution in [-0.2, 0) is 9.53 Å². The lowest BCUT2D eigenvalue weighted by Crippen LogP contribution is -2.27. The molecule has 0 aliphatic carbocycles. The number of fused-ring (bicyclic) bond motifs is 1. The SMILES string of the molecule is Cc1cc(-c2cc(C(=O)NCCC(=O)OC(C)C)c3cnn(C(C)C)c3n2)c(C)s1. The second-order valence-electron chi connectivity index (χ2n) is 7.85. The highest BCUT2D eigenvalue weighted by Gasteiger charge is 2.20. The zero-order chi connectivity index (χ0) is 22.0. The fraction of sp³-hybridized carbons (Fsp3) is 0.455. The van der Waals surface area contributed by atoms with Crippen molar-refractivity contribution in [2.24, 2.45) is 0 Å². The second kappa shape index (κ2) is 8.95. The Morgan fingerprint density at radius 1 is 1.20 bits per heavy atom. The third kappa shape index (κ3) is 4.70. The zero-order valence-electron chi connectivity index (χ0n) is 18.3.